The maximum Gasteiger partial charge on any atom is 0.410 e. The van der Waals surface area contributed by atoms with Crippen molar-refractivity contribution < 1.29 is 24.2 Å². The molecular weight excluding hydrogens is 518 g/mol. The van der Waals surface area contributed by atoms with Crippen molar-refractivity contribution in [2.75, 3.05) is 26.2 Å². The van der Waals surface area contributed by atoms with E-state index in [1.807, 2.05) is 63.2 Å². The first-order valence-electron chi connectivity index (χ1n) is 15.1. The summed E-state index contributed by atoms with van der Waals surface area (Å²) in [5.74, 6) is 0.613. The van der Waals surface area contributed by atoms with Crippen LogP contribution in [0.3, 0.4) is 0 Å². The molecule has 4 aliphatic rings. The van der Waals surface area contributed by atoms with Gasteiger partial charge in [0, 0.05) is 31.1 Å². The van der Waals surface area contributed by atoms with Crippen LogP contribution in [-0.4, -0.2) is 70.3 Å². The number of carbonyl (C=O) groups excluding carboxylic acids is 2. The monoisotopic (exact) mass is 561 g/mol. The quantitative estimate of drug-likeness (QED) is 0.542. The number of benzene rings is 2. The van der Waals surface area contributed by atoms with Crippen LogP contribution in [0.4, 0.5) is 4.79 Å². The van der Waals surface area contributed by atoms with E-state index in [2.05, 4.69) is 4.90 Å². The molecule has 0 aromatic heterocycles. The average molecular weight is 562 g/mol. The summed E-state index contributed by atoms with van der Waals surface area (Å²) in [6.07, 6.45) is 4.62. The molecule has 2 amide bonds. The number of likely N-dealkylation sites (tertiary alicyclic amines) is 2. The average Bonchev–Trinajstić information content (AvgIpc) is 3.75. The molecule has 2 aliphatic carbocycles. The summed E-state index contributed by atoms with van der Waals surface area (Å²) >= 11 is 0. The molecule has 8 heteroatoms. The van der Waals surface area contributed by atoms with E-state index >= 15 is 0 Å². The minimum absolute atomic E-state index is 0.0975. The number of carbonyl (C=O) groups is 2. The second-order valence-electron chi connectivity index (χ2n) is 13.5. The van der Waals surface area contributed by atoms with Gasteiger partial charge in [-0.3, -0.25) is 9.69 Å². The fourth-order valence-corrected chi connectivity index (χ4v) is 7.47. The molecule has 1 saturated carbocycles. The van der Waals surface area contributed by atoms with Gasteiger partial charge in [-0.1, -0.05) is 30.3 Å². The van der Waals surface area contributed by atoms with Gasteiger partial charge in [0.25, 0.3) is 5.91 Å². The smallest absolute Gasteiger partial charge is 0.410 e. The fraction of sp³-hybridized carbons (Fsp3) is 0.576. The van der Waals surface area contributed by atoms with Crippen molar-refractivity contribution in [3.05, 3.63) is 64.7 Å². The van der Waals surface area contributed by atoms with Crippen molar-refractivity contribution in [2.45, 2.75) is 88.6 Å². The molecule has 220 valence electrons. The van der Waals surface area contributed by atoms with E-state index in [1.165, 1.54) is 12.8 Å². The van der Waals surface area contributed by atoms with Crippen LogP contribution >= 0.6 is 0 Å². The predicted molar refractivity (Wildman–Crippen MR) is 156 cm³/mol. The van der Waals surface area contributed by atoms with Gasteiger partial charge in [0.05, 0.1) is 11.2 Å². The minimum atomic E-state index is -1.03. The number of hydrogen-bond donors (Lipinski definition) is 2. The maximum atomic E-state index is 13.2. The first-order valence-corrected chi connectivity index (χ1v) is 15.1. The third-order valence-electron chi connectivity index (χ3n) is 9.70. The summed E-state index contributed by atoms with van der Waals surface area (Å²) in [6, 6.07) is 13.6. The number of amides is 2. The largest absolute Gasteiger partial charge is 0.488 e. The molecule has 3 atom stereocenters. The predicted octanol–water partition coefficient (Wildman–Crippen LogP) is 4.40. The van der Waals surface area contributed by atoms with E-state index in [1.54, 1.807) is 4.90 Å². The maximum absolute atomic E-state index is 13.2. The third kappa shape index (κ3) is 5.21. The molecule has 0 unspecified atom stereocenters. The molecule has 2 heterocycles. The Kier molecular flexibility index (Phi) is 7.05. The van der Waals surface area contributed by atoms with Crippen molar-refractivity contribution in [2.24, 2.45) is 11.7 Å². The summed E-state index contributed by atoms with van der Waals surface area (Å²) in [5.41, 5.74) is 7.12. The zero-order chi connectivity index (χ0) is 29.0. The summed E-state index contributed by atoms with van der Waals surface area (Å²) in [6.45, 7) is 8.74. The lowest BCUT2D eigenvalue weighted by Crippen LogP contribution is -2.71. The molecule has 2 saturated heterocycles. The van der Waals surface area contributed by atoms with E-state index in [9.17, 15) is 14.7 Å². The molecule has 6 rings (SSSR count). The number of ether oxygens (including phenoxy) is 2. The van der Waals surface area contributed by atoms with Crippen LogP contribution in [0.2, 0.25) is 0 Å². The van der Waals surface area contributed by atoms with Crippen LogP contribution in [-0.2, 0) is 23.2 Å². The number of aliphatic hydroxyl groups is 1. The molecule has 8 nitrogen and oxygen atoms in total. The fourth-order valence-electron chi connectivity index (χ4n) is 7.47. The van der Waals surface area contributed by atoms with E-state index in [-0.39, 0.29) is 12.1 Å². The third-order valence-corrected chi connectivity index (χ3v) is 9.70. The zero-order valence-electron chi connectivity index (χ0n) is 24.5. The van der Waals surface area contributed by atoms with Gasteiger partial charge in [-0.2, -0.15) is 0 Å². The highest BCUT2D eigenvalue weighted by molar-refractivity contribution is 5.96. The molecule has 0 radical (unpaired) electrons. The SMILES string of the molecule is CC(C)(C)OC(=O)N1CC[C@]23CCN(CC4CC4)[C@H](Cc4cc(C(N)=O)c(OCc5ccccc5)cc42)[C@]3(O)CC1. The van der Waals surface area contributed by atoms with Gasteiger partial charge >= 0.3 is 6.09 Å². The molecule has 3 fully saturated rings. The second-order valence-corrected chi connectivity index (χ2v) is 13.5. The first kappa shape index (κ1) is 28.0. The summed E-state index contributed by atoms with van der Waals surface area (Å²) in [4.78, 5) is 30.0. The van der Waals surface area contributed by atoms with E-state index < -0.39 is 22.5 Å². The van der Waals surface area contributed by atoms with Crippen molar-refractivity contribution >= 4 is 12.0 Å². The highest BCUT2D eigenvalue weighted by Crippen LogP contribution is 2.57. The number of rotatable bonds is 6. The van der Waals surface area contributed by atoms with Crippen molar-refractivity contribution in [1.82, 2.24) is 9.80 Å². The first-order chi connectivity index (χ1) is 19.5. The topological polar surface area (TPSA) is 105 Å². The molecule has 3 N–H and O–H groups in total. The normalized spacial score (nSPS) is 27.8. The van der Waals surface area contributed by atoms with E-state index in [4.69, 9.17) is 15.2 Å². The van der Waals surface area contributed by atoms with Crippen molar-refractivity contribution in [1.29, 1.82) is 0 Å². The van der Waals surface area contributed by atoms with Gasteiger partial charge in [0.1, 0.15) is 18.0 Å². The van der Waals surface area contributed by atoms with Gasteiger partial charge in [0.2, 0.25) is 0 Å². The number of nitrogens with two attached hydrogens (primary N) is 1. The Balaban J connectivity index is 1.40. The summed E-state index contributed by atoms with van der Waals surface area (Å²) in [7, 11) is 0. The standard InChI is InChI=1S/C33H43N3O5/c1-31(2,3)41-30(38)35-14-11-32-12-15-36(20-22-9-10-22)28(33(32,39)13-16-35)18-24-17-25(29(34)37)27(19-26(24)32)40-21-23-7-5-4-6-8-23/h4-8,17,19,22,28,39H,9-16,18,20-21H2,1-3H3,(H2,34,37)/t28-,32+,33-/m1/s1. The Morgan fingerprint density at radius 3 is 2.44 bits per heavy atom. The molecule has 2 aromatic rings. The second kappa shape index (κ2) is 10.3. The van der Waals surface area contributed by atoms with Crippen molar-refractivity contribution in [3.8, 4) is 5.75 Å². The highest BCUT2D eigenvalue weighted by atomic mass is 16.6. The summed E-state index contributed by atoms with van der Waals surface area (Å²) < 4.78 is 12.0. The Hall–Kier alpha value is -3.10. The molecule has 0 spiro atoms. The van der Waals surface area contributed by atoms with Gasteiger partial charge in [0.15, 0.2) is 0 Å². The van der Waals surface area contributed by atoms with Gasteiger partial charge in [-0.05, 0) is 101 Å². The van der Waals surface area contributed by atoms with Gasteiger partial charge in [-0.15, -0.1) is 0 Å². The van der Waals surface area contributed by atoms with Crippen LogP contribution < -0.4 is 10.5 Å². The Morgan fingerprint density at radius 1 is 1.05 bits per heavy atom. The molecular formula is C33H43N3O5. The Morgan fingerprint density at radius 2 is 1.76 bits per heavy atom. The molecule has 2 bridgehead atoms. The number of hydrogen-bond acceptors (Lipinski definition) is 6. The molecule has 2 aromatic carbocycles. The van der Waals surface area contributed by atoms with Crippen LogP contribution in [0, 0.1) is 5.92 Å². The zero-order valence-corrected chi connectivity index (χ0v) is 24.5. The summed E-state index contributed by atoms with van der Waals surface area (Å²) in [5, 5.41) is 12.8. The van der Waals surface area contributed by atoms with Crippen LogP contribution in [0.25, 0.3) is 0 Å². The Labute approximate surface area is 242 Å². The van der Waals surface area contributed by atoms with Crippen LogP contribution in [0.15, 0.2) is 42.5 Å². The number of primary amides is 1. The number of piperidine rings is 1. The molecule has 2 aliphatic heterocycles. The van der Waals surface area contributed by atoms with Crippen LogP contribution in [0.5, 0.6) is 5.75 Å². The Bertz CT molecular complexity index is 1320. The lowest BCUT2D eigenvalue weighted by Gasteiger charge is -2.61. The van der Waals surface area contributed by atoms with Crippen LogP contribution in [0.1, 0.15) is 79.9 Å². The van der Waals surface area contributed by atoms with E-state index in [0.29, 0.717) is 56.2 Å². The molecule has 41 heavy (non-hydrogen) atoms. The van der Waals surface area contributed by atoms with Gasteiger partial charge < -0.3 is 25.2 Å². The van der Waals surface area contributed by atoms with Gasteiger partial charge in [-0.25, -0.2) is 4.79 Å². The van der Waals surface area contributed by atoms with E-state index in [0.717, 1.165) is 36.2 Å². The van der Waals surface area contributed by atoms with Crippen molar-refractivity contribution in [3.63, 3.8) is 0 Å². The highest BCUT2D eigenvalue weighted by Gasteiger charge is 2.63. The number of nitrogens with zero attached hydrogens (tertiary/aromatic N) is 2. The number of fused-ring (bicyclic) bond motifs is 1. The lowest BCUT2D eigenvalue weighted by molar-refractivity contribution is -0.149. The minimum Gasteiger partial charge on any atom is -0.488 e. The lowest BCUT2D eigenvalue weighted by atomic mass is 9.52.